The van der Waals surface area contributed by atoms with E-state index in [1.807, 2.05) is 31.6 Å². The number of nitrogens with zero attached hydrogens (tertiary/aromatic N) is 2. The molecule has 1 unspecified atom stereocenters. The highest BCUT2D eigenvalue weighted by Gasteiger charge is 2.06. The Morgan fingerprint density at radius 1 is 1.19 bits per heavy atom. The number of benzene rings is 1. The molecule has 0 spiro atoms. The summed E-state index contributed by atoms with van der Waals surface area (Å²) in [6, 6.07) is 8.45. The lowest BCUT2D eigenvalue weighted by atomic mass is 10.1. The van der Waals surface area contributed by atoms with Crippen molar-refractivity contribution in [3.05, 3.63) is 48.0 Å². The van der Waals surface area contributed by atoms with E-state index in [4.69, 9.17) is 4.74 Å². The first-order chi connectivity index (χ1) is 10.1. The Bertz CT molecular complexity index is 544. The molecule has 1 N–H and O–H groups in total. The maximum Gasteiger partial charge on any atom is 0.130 e. The van der Waals surface area contributed by atoms with Gasteiger partial charge in [-0.15, -0.1) is 0 Å². The van der Waals surface area contributed by atoms with Crippen LogP contribution in [-0.4, -0.2) is 20.8 Å². The Kier molecular flexibility index (Phi) is 5.39. The Morgan fingerprint density at radius 2 is 1.90 bits per heavy atom. The maximum atomic E-state index is 9.30. The molecule has 0 bridgehead atoms. The van der Waals surface area contributed by atoms with E-state index in [9.17, 15) is 5.11 Å². The molecule has 114 valence electrons. The van der Waals surface area contributed by atoms with Crippen molar-refractivity contribution in [3.63, 3.8) is 0 Å². The number of aromatic nitrogens is 2. The fourth-order valence-electron chi connectivity index (χ4n) is 2.19. The Hall–Kier alpha value is -1.81. The SMILES string of the molecule is CC(O)CCc1ccc(OCc2cncn2C(C)C)cc1. The van der Waals surface area contributed by atoms with Crippen molar-refractivity contribution in [2.75, 3.05) is 0 Å². The number of ether oxygens (including phenoxy) is 1. The topological polar surface area (TPSA) is 47.3 Å². The van der Waals surface area contributed by atoms with Crippen LogP contribution in [0.25, 0.3) is 0 Å². The van der Waals surface area contributed by atoms with Crippen LogP contribution in [-0.2, 0) is 13.0 Å². The average molecular weight is 288 g/mol. The molecule has 0 amide bonds. The zero-order chi connectivity index (χ0) is 15.2. The third-order valence-corrected chi connectivity index (χ3v) is 3.46. The van der Waals surface area contributed by atoms with Gasteiger partial charge in [0.05, 0.1) is 24.3 Å². The normalized spacial score (nSPS) is 12.6. The lowest BCUT2D eigenvalue weighted by molar-refractivity contribution is 0.185. The third kappa shape index (κ3) is 4.60. The third-order valence-electron chi connectivity index (χ3n) is 3.46. The Morgan fingerprint density at radius 3 is 2.52 bits per heavy atom. The molecule has 0 radical (unpaired) electrons. The maximum absolute atomic E-state index is 9.30. The van der Waals surface area contributed by atoms with E-state index in [0.717, 1.165) is 24.3 Å². The van der Waals surface area contributed by atoms with Gasteiger partial charge in [-0.1, -0.05) is 12.1 Å². The number of aryl methyl sites for hydroxylation is 1. The zero-order valence-electron chi connectivity index (χ0n) is 13.0. The molecule has 1 aromatic heterocycles. The molecule has 21 heavy (non-hydrogen) atoms. The minimum absolute atomic E-state index is 0.253. The number of aliphatic hydroxyl groups is 1. The van der Waals surface area contributed by atoms with Crippen molar-refractivity contribution in [1.29, 1.82) is 0 Å². The van der Waals surface area contributed by atoms with Crippen LogP contribution in [0.1, 0.15) is 44.5 Å². The molecule has 0 saturated heterocycles. The molecular formula is C17H24N2O2. The largest absolute Gasteiger partial charge is 0.487 e. The molecule has 0 saturated carbocycles. The van der Waals surface area contributed by atoms with Crippen LogP contribution in [0, 0.1) is 0 Å². The number of aliphatic hydroxyl groups excluding tert-OH is 1. The van der Waals surface area contributed by atoms with Gasteiger partial charge in [-0.2, -0.15) is 0 Å². The van der Waals surface area contributed by atoms with Crippen LogP contribution in [0.5, 0.6) is 5.75 Å². The summed E-state index contributed by atoms with van der Waals surface area (Å²) in [5.74, 6) is 0.854. The first kappa shape index (κ1) is 15.6. The summed E-state index contributed by atoms with van der Waals surface area (Å²) >= 11 is 0. The minimum atomic E-state index is -0.253. The average Bonchev–Trinajstić information content (AvgIpc) is 2.92. The van der Waals surface area contributed by atoms with Gasteiger partial charge in [-0.25, -0.2) is 4.98 Å². The first-order valence-electron chi connectivity index (χ1n) is 7.46. The van der Waals surface area contributed by atoms with Crippen molar-refractivity contribution < 1.29 is 9.84 Å². The van der Waals surface area contributed by atoms with Gasteiger partial charge in [0.2, 0.25) is 0 Å². The van der Waals surface area contributed by atoms with Crippen LogP contribution in [0.2, 0.25) is 0 Å². The molecule has 0 aliphatic heterocycles. The van der Waals surface area contributed by atoms with Gasteiger partial charge in [0, 0.05) is 6.04 Å². The molecule has 2 aromatic rings. The smallest absolute Gasteiger partial charge is 0.130 e. The minimum Gasteiger partial charge on any atom is -0.487 e. The van der Waals surface area contributed by atoms with Crippen molar-refractivity contribution in [3.8, 4) is 5.75 Å². The van der Waals surface area contributed by atoms with E-state index in [0.29, 0.717) is 12.6 Å². The van der Waals surface area contributed by atoms with Crippen LogP contribution in [0.15, 0.2) is 36.8 Å². The second-order valence-electron chi connectivity index (χ2n) is 5.71. The highest BCUT2D eigenvalue weighted by Crippen LogP contribution is 2.17. The predicted octanol–water partition coefficient (Wildman–Crippen LogP) is 3.36. The van der Waals surface area contributed by atoms with Gasteiger partial charge in [0.1, 0.15) is 12.4 Å². The Labute approximate surface area is 126 Å². The number of hydrogen-bond donors (Lipinski definition) is 1. The highest BCUT2D eigenvalue weighted by molar-refractivity contribution is 5.27. The Balaban J connectivity index is 1.90. The van der Waals surface area contributed by atoms with Crippen LogP contribution in [0.4, 0.5) is 0 Å². The van der Waals surface area contributed by atoms with E-state index in [1.165, 1.54) is 5.56 Å². The molecule has 0 aliphatic rings. The molecule has 1 aromatic carbocycles. The summed E-state index contributed by atoms with van der Waals surface area (Å²) in [6.07, 6.45) is 5.10. The fraction of sp³-hybridized carbons (Fsp3) is 0.471. The monoisotopic (exact) mass is 288 g/mol. The number of hydrogen-bond acceptors (Lipinski definition) is 3. The lowest BCUT2D eigenvalue weighted by Crippen LogP contribution is -2.07. The van der Waals surface area contributed by atoms with Crippen molar-refractivity contribution in [2.24, 2.45) is 0 Å². The quantitative estimate of drug-likeness (QED) is 0.850. The highest BCUT2D eigenvalue weighted by atomic mass is 16.5. The van der Waals surface area contributed by atoms with E-state index in [2.05, 4.69) is 35.5 Å². The second kappa shape index (κ2) is 7.27. The zero-order valence-corrected chi connectivity index (χ0v) is 13.0. The van der Waals surface area contributed by atoms with E-state index in [1.54, 1.807) is 0 Å². The summed E-state index contributed by atoms with van der Waals surface area (Å²) in [5.41, 5.74) is 2.29. The number of rotatable bonds is 7. The van der Waals surface area contributed by atoms with Crippen LogP contribution < -0.4 is 4.74 Å². The van der Waals surface area contributed by atoms with Crippen molar-refractivity contribution in [1.82, 2.24) is 9.55 Å². The summed E-state index contributed by atoms with van der Waals surface area (Å²) in [7, 11) is 0. The van der Waals surface area contributed by atoms with Gasteiger partial charge < -0.3 is 14.4 Å². The second-order valence-corrected chi connectivity index (χ2v) is 5.71. The lowest BCUT2D eigenvalue weighted by Gasteiger charge is -2.13. The summed E-state index contributed by atoms with van der Waals surface area (Å²) in [5, 5.41) is 9.30. The molecular weight excluding hydrogens is 264 g/mol. The van der Waals surface area contributed by atoms with Crippen LogP contribution >= 0.6 is 0 Å². The molecule has 2 rings (SSSR count). The van der Waals surface area contributed by atoms with Gasteiger partial charge in [-0.05, 0) is 51.3 Å². The summed E-state index contributed by atoms with van der Waals surface area (Å²) in [6.45, 7) is 6.59. The fourth-order valence-corrected chi connectivity index (χ4v) is 2.19. The predicted molar refractivity (Wildman–Crippen MR) is 83.4 cm³/mol. The molecule has 0 fully saturated rings. The van der Waals surface area contributed by atoms with E-state index in [-0.39, 0.29) is 6.10 Å². The summed E-state index contributed by atoms with van der Waals surface area (Å²) < 4.78 is 7.92. The molecule has 1 atom stereocenters. The molecule has 1 heterocycles. The van der Waals surface area contributed by atoms with E-state index >= 15 is 0 Å². The van der Waals surface area contributed by atoms with Gasteiger partial charge in [0.25, 0.3) is 0 Å². The van der Waals surface area contributed by atoms with Gasteiger partial charge >= 0.3 is 0 Å². The molecule has 4 heteroatoms. The van der Waals surface area contributed by atoms with Crippen molar-refractivity contribution in [2.45, 2.75) is 52.4 Å². The van der Waals surface area contributed by atoms with Crippen molar-refractivity contribution >= 4 is 0 Å². The van der Waals surface area contributed by atoms with Crippen LogP contribution in [0.3, 0.4) is 0 Å². The van der Waals surface area contributed by atoms with Gasteiger partial charge in [0.15, 0.2) is 0 Å². The molecule has 0 aliphatic carbocycles. The molecule has 4 nitrogen and oxygen atoms in total. The van der Waals surface area contributed by atoms with E-state index < -0.39 is 0 Å². The standard InChI is InChI=1S/C17H24N2O2/c1-13(2)19-12-18-10-16(19)11-21-17-8-6-15(7-9-17)5-4-14(3)20/h6-10,12-14,20H,4-5,11H2,1-3H3. The summed E-state index contributed by atoms with van der Waals surface area (Å²) in [4.78, 5) is 4.17. The number of imidazole rings is 1. The van der Waals surface area contributed by atoms with Gasteiger partial charge in [-0.3, -0.25) is 0 Å². The first-order valence-corrected chi connectivity index (χ1v) is 7.46.